The molecule has 8 heteroatoms. The van der Waals surface area contributed by atoms with Crippen LogP contribution in [-0.2, 0) is 23.9 Å². The molecular formula is C17H26N2O6. The lowest BCUT2D eigenvalue weighted by atomic mass is 10.4. The molecule has 2 aliphatic heterocycles. The number of aliphatic hydroxyl groups is 1. The Hall–Kier alpha value is -2.70. The third-order valence-electron chi connectivity index (χ3n) is 2.91. The van der Waals surface area contributed by atoms with Crippen LogP contribution in [0.4, 0.5) is 0 Å². The first-order valence-electron chi connectivity index (χ1n) is 6.96. The van der Waals surface area contributed by atoms with Gasteiger partial charge in [-0.25, -0.2) is 0 Å². The zero-order valence-electron chi connectivity index (χ0n) is 12.5. The minimum absolute atomic E-state index is 0. The molecule has 0 aromatic carbocycles. The molecule has 2 aliphatic rings. The number of hydrogen-bond acceptors (Lipinski definition) is 6. The van der Waals surface area contributed by atoms with Crippen molar-refractivity contribution in [1.82, 2.24) is 10.2 Å². The Kier molecular flexibility index (Phi) is 12.5. The summed E-state index contributed by atoms with van der Waals surface area (Å²) >= 11 is 0. The number of imide groups is 2. The van der Waals surface area contributed by atoms with Gasteiger partial charge in [0.2, 0.25) is 11.8 Å². The van der Waals surface area contributed by atoms with Gasteiger partial charge in [0, 0.05) is 31.4 Å². The van der Waals surface area contributed by atoms with E-state index in [-0.39, 0.29) is 57.4 Å². The average molecular weight is 354 g/mol. The standard InChI is InChI=1S/C11H13NO4.C4H5NO2.2CH4/c1-2-9(13)5-7-16-8-6-12-10(14)3-4-11(12)15;6-3-1-2-4(7)5-3;;/h3-4,13H,1,5-8H2;1-2H2,(H,5,6,7);2*1H4. The summed E-state index contributed by atoms with van der Waals surface area (Å²) in [4.78, 5) is 43.6. The highest BCUT2D eigenvalue weighted by Crippen LogP contribution is 2.02. The van der Waals surface area contributed by atoms with Gasteiger partial charge >= 0.3 is 0 Å². The lowest BCUT2D eigenvalue weighted by molar-refractivity contribution is -0.137. The van der Waals surface area contributed by atoms with Crippen molar-refractivity contribution in [3.63, 3.8) is 0 Å². The van der Waals surface area contributed by atoms with Crippen LogP contribution in [0.1, 0.15) is 34.1 Å². The largest absolute Gasteiger partial charge is 0.505 e. The zero-order valence-corrected chi connectivity index (χ0v) is 12.5. The van der Waals surface area contributed by atoms with Gasteiger partial charge in [0.25, 0.3) is 11.8 Å². The van der Waals surface area contributed by atoms with E-state index in [9.17, 15) is 19.2 Å². The molecule has 0 aromatic rings. The van der Waals surface area contributed by atoms with Crippen LogP contribution >= 0.6 is 0 Å². The van der Waals surface area contributed by atoms with Crippen LogP contribution in [0.2, 0.25) is 0 Å². The molecule has 0 aliphatic carbocycles. The normalized spacial score (nSPS) is 14.8. The van der Waals surface area contributed by atoms with Crippen molar-refractivity contribution in [3.05, 3.63) is 30.2 Å². The molecule has 0 radical (unpaired) electrons. The lowest BCUT2D eigenvalue weighted by Crippen LogP contribution is -2.33. The average Bonchev–Trinajstić information content (AvgIpc) is 3.05. The maximum absolute atomic E-state index is 11.1. The number of carbonyl (C=O) groups excluding carboxylic acids is 4. The molecule has 8 nitrogen and oxygen atoms in total. The van der Waals surface area contributed by atoms with Crippen molar-refractivity contribution in [2.75, 3.05) is 19.8 Å². The van der Waals surface area contributed by atoms with E-state index >= 15 is 0 Å². The van der Waals surface area contributed by atoms with E-state index in [1.807, 2.05) is 0 Å². The van der Waals surface area contributed by atoms with Gasteiger partial charge in [-0.2, -0.15) is 0 Å². The molecule has 0 saturated carbocycles. The van der Waals surface area contributed by atoms with Crippen LogP contribution in [-0.4, -0.2) is 53.4 Å². The lowest BCUT2D eigenvalue weighted by Gasteiger charge is -2.13. The first-order valence-corrected chi connectivity index (χ1v) is 6.96. The highest BCUT2D eigenvalue weighted by Gasteiger charge is 2.22. The fraction of sp³-hybridized carbons (Fsp3) is 0.471. The number of aliphatic hydroxyl groups excluding tert-OH is 1. The molecule has 2 rings (SSSR count). The van der Waals surface area contributed by atoms with Gasteiger partial charge in [0.1, 0.15) is 5.76 Å². The van der Waals surface area contributed by atoms with Gasteiger partial charge in [0.15, 0.2) is 0 Å². The SMILES string of the molecule is C.C.C=C=C(O)CCOCCN1C(=O)C=CC1=O.O=C1CCC(=O)N1. The first kappa shape index (κ1) is 24.6. The summed E-state index contributed by atoms with van der Waals surface area (Å²) in [6, 6.07) is 0. The van der Waals surface area contributed by atoms with E-state index in [2.05, 4.69) is 17.6 Å². The molecule has 25 heavy (non-hydrogen) atoms. The Labute approximate surface area is 147 Å². The van der Waals surface area contributed by atoms with Crippen LogP contribution in [0.25, 0.3) is 0 Å². The molecule has 0 atom stereocenters. The van der Waals surface area contributed by atoms with Crippen LogP contribution in [0.3, 0.4) is 0 Å². The van der Waals surface area contributed by atoms with Crippen LogP contribution < -0.4 is 5.32 Å². The summed E-state index contributed by atoms with van der Waals surface area (Å²) in [7, 11) is 0. The highest BCUT2D eigenvalue weighted by molar-refractivity contribution is 6.12. The molecule has 2 heterocycles. The second-order valence-corrected chi connectivity index (χ2v) is 4.62. The molecule has 4 amide bonds. The molecule has 0 spiro atoms. The van der Waals surface area contributed by atoms with Crippen molar-refractivity contribution >= 4 is 23.6 Å². The van der Waals surface area contributed by atoms with Gasteiger partial charge in [0.05, 0.1) is 19.8 Å². The predicted molar refractivity (Wildman–Crippen MR) is 92.4 cm³/mol. The van der Waals surface area contributed by atoms with E-state index in [1.165, 1.54) is 12.2 Å². The topological polar surface area (TPSA) is 113 Å². The third kappa shape index (κ3) is 9.24. The van der Waals surface area contributed by atoms with Gasteiger partial charge in [-0.1, -0.05) is 27.2 Å². The fourth-order valence-corrected chi connectivity index (χ4v) is 1.67. The van der Waals surface area contributed by atoms with Crippen molar-refractivity contribution in [2.24, 2.45) is 0 Å². The molecule has 0 bridgehead atoms. The first-order chi connectivity index (χ1) is 10.9. The van der Waals surface area contributed by atoms with Crippen molar-refractivity contribution in [1.29, 1.82) is 0 Å². The van der Waals surface area contributed by atoms with Crippen molar-refractivity contribution in [2.45, 2.75) is 34.1 Å². The highest BCUT2D eigenvalue weighted by atomic mass is 16.5. The minimum Gasteiger partial charge on any atom is -0.505 e. The van der Waals surface area contributed by atoms with E-state index < -0.39 is 0 Å². The van der Waals surface area contributed by atoms with Crippen molar-refractivity contribution < 1.29 is 29.0 Å². The van der Waals surface area contributed by atoms with Crippen LogP contribution in [0.15, 0.2) is 30.2 Å². The van der Waals surface area contributed by atoms with Gasteiger partial charge in [-0.15, -0.1) is 0 Å². The summed E-state index contributed by atoms with van der Waals surface area (Å²) in [5, 5.41) is 11.1. The van der Waals surface area contributed by atoms with E-state index in [1.54, 1.807) is 0 Å². The molecule has 140 valence electrons. The summed E-state index contributed by atoms with van der Waals surface area (Å²) in [6.45, 7) is 4.05. The summed E-state index contributed by atoms with van der Waals surface area (Å²) in [5.74, 6) is -0.894. The Bertz CT molecular complexity index is 544. The number of hydrogen-bond donors (Lipinski definition) is 2. The Balaban J connectivity index is 0. The van der Waals surface area contributed by atoms with Crippen LogP contribution in [0.5, 0.6) is 0 Å². The Morgan fingerprint density at radius 1 is 1.12 bits per heavy atom. The number of carbonyl (C=O) groups is 4. The second-order valence-electron chi connectivity index (χ2n) is 4.62. The third-order valence-corrected chi connectivity index (χ3v) is 2.91. The van der Waals surface area contributed by atoms with Crippen molar-refractivity contribution in [3.8, 4) is 0 Å². The smallest absolute Gasteiger partial charge is 0.253 e. The summed E-state index contributed by atoms with van der Waals surface area (Å²) in [5.41, 5.74) is 2.32. The van der Waals surface area contributed by atoms with Crippen LogP contribution in [0, 0.1) is 0 Å². The predicted octanol–water partition coefficient (Wildman–Crippen LogP) is 1.24. The molecule has 1 fully saturated rings. The van der Waals surface area contributed by atoms with E-state index in [0.29, 0.717) is 25.9 Å². The Morgan fingerprint density at radius 3 is 2.04 bits per heavy atom. The van der Waals surface area contributed by atoms with E-state index in [0.717, 1.165) is 4.90 Å². The maximum Gasteiger partial charge on any atom is 0.253 e. The molecule has 1 saturated heterocycles. The molecular weight excluding hydrogens is 328 g/mol. The summed E-state index contributed by atoms with van der Waals surface area (Å²) < 4.78 is 5.14. The number of rotatable bonds is 6. The number of nitrogens with one attached hydrogen (secondary N) is 1. The molecule has 0 unspecified atom stereocenters. The Morgan fingerprint density at radius 2 is 1.64 bits per heavy atom. The number of nitrogens with zero attached hydrogens (tertiary/aromatic N) is 1. The summed E-state index contributed by atoms with van der Waals surface area (Å²) in [6.07, 6.45) is 3.53. The molecule has 0 aromatic heterocycles. The fourth-order valence-electron chi connectivity index (χ4n) is 1.67. The minimum atomic E-state index is -0.317. The quantitative estimate of drug-likeness (QED) is 0.321. The second kappa shape index (κ2) is 12.7. The number of amides is 4. The van der Waals surface area contributed by atoms with Gasteiger partial charge in [-0.3, -0.25) is 29.4 Å². The monoisotopic (exact) mass is 354 g/mol. The van der Waals surface area contributed by atoms with E-state index in [4.69, 9.17) is 9.84 Å². The van der Waals surface area contributed by atoms with Gasteiger partial charge < -0.3 is 9.84 Å². The zero-order chi connectivity index (χ0) is 17.2. The van der Waals surface area contributed by atoms with Gasteiger partial charge in [-0.05, 0) is 0 Å². The molecule has 2 N–H and O–H groups in total. The maximum atomic E-state index is 11.1. The number of ether oxygens (including phenoxy) is 1.